The van der Waals surface area contributed by atoms with Gasteiger partial charge < -0.3 is 20.2 Å². The van der Waals surface area contributed by atoms with E-state index < -0.39 is 40.8 Å². The highest BCUT2D eigenvalue weighted by Gasteiger charge is 2.55. The zero-order chi connectivity index (χ0) is 47.2. The molecule has 2 unspecified atom stereocenters. The number of thioether (sulfide) groups is 1. The summed E-state index contributed by atoms with van der Waals surface area (Å²) in [6.45, 7) is 0. The van der Waals surface area contributed by atoms with Crippen LogP contribution in [0, 0.1) is 0 Å². The molecule has 0 saturated carbocycles. The second kappa shape index (κ2) is 20.2. The number of thiazole rings is 2. The van der Waals surface area contributed by atoms with Crippen molar-refractivity contribution in [2.45, 2.75) is 29.5 Å². The molecular weight excluding hydrogens is 923 g/mol. The molecule has 342 valence electrons. The molecule has 69 heavy (non-hydrogen) atoms. The number of anilines is 1. The average molecular weight is 966 g/mol. The van der Waals surface area contributed by atoms with E-state index in [2.05, 4.69) is 57.2 Å². The Morgan fingerprint density at radius 2 is 1.39 bits per heavy atom. The highest BCUT2D eigenvalue weighted by atomic mass is 32.2. The van der Waals surface area contributed by atoms with Crippen molar-refractivity contribution in [2.24, 2.45) is 5.16 Å². The van der Waals surface area contributed by atoms with Crippen LogP contribution in [0.1, 0.15) is 55.1 Å². The zero-order valence-electron chi connectivity index (χ0n) is 37.0. The Labute approximate surface area is 410 Å². The van der Waals surface area contributed by atoms with Gasteiger partial charge in [-0.15, -0.1) is 34.4 Å². The Kier molecular flexibility index (Phi) is 13.2. The maximum Gasteiger partial charge on any atom is 0.356 e. The van der Waals surface area contributed by atoms with Crippen LogP contribution in [0.2, 0.25) is 0 Å². The van der Waals surface area contributed by atoms with Crippen LogP contribution < -0.4 is 10.6 Å². The maximum absolute atomic E-state index is 14.8. The number of oxime groups is 1. The number of nitrogens with one attached hydrogen (secondary N) is 2. The van der Waals surface area contributed by atoms with Gasteiger partial charge in [-0.05, 0) is 39.4 Å². The molecule has 3 aromatic heterocycles. The summed E-state index contributed by atoms with van der Waals surface area (Å²) >= 11 is 4.20. The number of aromatic nitrogens is 3. The number of carbonyl (C=O) groups is 3. The lowest BCUT2D eigenvalue weighted by Crippen LogP contribution is -2.71. The van der Waals surface area contributed by atoms with Gasteiger partial charge >= 0.3 is 5.97 Å². The van der Waals surface area contributed by atoms with Crippen LogP contribution in [0.5, 0.6) is 0 Å². The van der Waals surface area contributed by atoms with Gasteiger partial charge in [0, 0.05) is 41.7 Å². The summed E-state index contributed by atoms with van der Waals surface area (Å²) in [6.07, 6.45) is 5.05. The molecule has 8 aromatic rings. The zero-order valence-corrected chi connectivity index (χ0v) is 39.5. The Morgan fingerprint density at radius 1 is 0.797 bits per heavy atom. The fourth-order valence-electron chi connectivity index (χ4n) is 8.64. The van der Waals surface area contributed by atoms with Crippen molar-refractivity contribution in [1.29, 1.82) is 0 Å². The molecule has 5 heterocycles. The quantitative estimate of drug-likeness (QED) is 0.0316. The smallest absolute Gasteiger partial charge is 0.356 e. The van der Waals surface area contributed by atoms with Gasteiger partial charge in [0.15, 0.2) is 16.9 Å². The lowest BCUT2D eigenvalue weighted by atomic mass is 9.77. The molecule has 10 rings (SSSR count). The minimum absolute atomic E-state index is 0.113. The van der Waals surface area contributed by atoms with E-state index in [4.69, 9.17) is 19.5 Å². The number of pyridine rings is 1. The third-order valence-corrected chi connectivity index (χ3v) is 15.0. The number of amides is 2. The van der Waals surface area contributed by atoms with Crippen molar-refractivity contribution in [3.8, 4) is 0 Å². The van der Waals surface area contributed by atoms with Crippen molar-refractivity contribution in [3.05, 3.63) is 242 Å². The van der Waals surface area contributed by atoms with E-state index in [-0.39, 0.29) is 17.1 Å². The van der Waals surface area contributed by atoms with E-state index in [1.165, 1.54) is 46.4 Å². The number of hydrogen-bond donors (Lipinski definition) is 2. The standard InChI is InChI=1S/C54H43N7O5S3/c1-65-60-45(42-34-68-53(57-42)59-54(38-23-11-4-12-24-38,39-25-13-5-14-26-39)40-27-15-6-16-28-40)49(62)58-46-50(63)61-47(52(64)66-48(36-19-7-2-8-20-36)37-21-9-3-10-22-37)41(33-67-51(46)61)43-32-56-44(69-43)30-35-18-17-29-55-31-35/h2-29,31-32,34,46,48,51H,30,33H2,1H3,(H,57,59)(H,58,62)/b60-45+. The van der Waals surface area contributed by atoms with Crippen LogP contribution in [0.25, 0.3) is 5.57 Å². The molecule has 12 nitrogen and oxygen atoms in total. The Bertz CT molecular complexity index is 3000. The SMILES string of the molecule is CO/N=C(/C(=O)NC1C(=O)N2C(C(=O)OC(c3ccccc3)c3ccccc3)=C(c3cnc(Cc4cccnc4)s3)CSC12)c1csc(NC(c2ccccc2)(c2ccccc2)c2ccccc2)n1. The highest BCUT2D eigenvalue weighted by molar-refractivity contribution is 8.00. The predicted octanol–water partition coefficient (Wildman–Crippen LogP) is 9.48. The van der Waals surface area contributed by atoms with Crippen molar-refractivity contribution in [3.63, 3.8) is 0 Å². The van der Waals surface area contributed by atoms with Crippen LogP contribution >= 0.6 is 34.4 Å². The van der Waals surface area contributed by atoms with E-state index in [1.807, 2.05) is 127 Å². The topological polar surface area (TPSA) is 148 Å². The molecule has 2 aliphatic rings. The number of carbonyl (C=O) groups excluding carboxylic acids is 3. The van der Waals surface area contributed by atoms with Gasteiger partial charge in [-0.25, -0.2) is 14.8 Å². The van der Waals surface area contributed by atoms with Gasteiger partial charge in [-0.1, -0.05) is 163 Å². The first-order valence-corrected chi connectivity index (χ1v) is 24.8. The van der Waals surface area contributed by atoms with E-state index in [0.29, 0.717) is 22.9 Å². The Balaban J connectivity index is 0.939. The monoisotopic (exact) mass is 965 g/mol. The lowest BCUT2D eigenvalue weighted by Gasteiger charge is -2.49. The predicted molar refractivity (Wildman–Crippen MR) is 270 cm³/mol. The molecule has 2 amide bonds. The Hall–Kier alpha value is -7.72. The van der Waals surface area contributed by atoms with Crippen molar-refractivity contribution in [2.75, 3.05) is 18.2 Å². The second-order valence-corrected chi connectivity index (χ2v) is 19.2. The number of β-lactam (4-membered cyclic amide) rings is 1. The number of hydrogen-bond acceptors (Lipinski definition) is 13. The molecule has 2 atom stereocenters. The van der Waals surface area contributed by atoms with Gasteiger partial charge in [0.2, 0.25) is 0 Å². The molecule has 0 aliphatic carbocycles. The van der Waals surface area contributed by atoms with Crippen LogP contribution in [0.15, 0.2) is 199 Å². The molecular formula is C54H43N7O5S3. The highest BCUT2D eigenvalue weighted by Crippen LogP contribution is 2.46. The van der Waals surface area contributed by atoms with Crippen molar-refractivity contribution >= 4 is 68.6 Å². The van der Waals surface area contributed by atoms with E-state index in [0.717, 1.165) is 43.3 Å². The molecule has 15 heteroatoms. The summed E-state index contributed by atoms with van der Waals surface area (Å²) in [5.74, 6) is -1.47. The van der Waals surface area contributed by atoms with Crippen LogP contribution in [-0.4, -0.2) is 67.6 Å². The van der Waals surface area contributed by atoms with E-state index in [9.17, 15) is 14.4 Å². The molecule has 2 aliphatic heterocycles. The largest absolute Gasteiger partial charge is 0.448 e. The van der Waals surface area contributed by atoms with Gasteiger partial charge in [-0.2, -0.15) is 0 Å². The number of benzene rings is 5. The van der Waals surface area contributed by atoms with Gasteiger partial charge in [-0.3, -0.25) is 19.5 Å². The van der Waals surface area contributed by atoms with E-state index in [1.54, 1.807) is 24.0 Å². The number of ether oxygens (including phenoxy) is 1. The fourth-order valence-corrected chi connectivity index (χ4v) is 11.8. The van der Waals surface area contributed by atoms with Crippen LogP contribution in [-0.2, 0) is 35.9 Å². The van der Waals surface area contributed by atoms with E-state index >= 15 is 0 Å². The summed E-state index contributed by atoms with van der Waals surface area (Å²) in [7, 11) is 1.35. The molecule has 5 aromatic carbocycles. The number of esters is 1. The first-order chi connectivity index (χ1) is 33.9. The summed E-state index contributed by atoms with van der Waals surface area (Å²) < 4.78 is 6.42. The first-order valence-electron chi connectivity index (χ1n) is 22.1. The normalized spacial score (nSPS) is 15.8. The molecule has 0 bridgehead atoms. The minimum Gasteiger partial charge on any atom is -0.448 e. The number of fused-ring (bicyclic) bond motifs is 1. The third-order valence-electron chi connectivity index (χ3n) is 11.9. The summed E-state index contributed by atoms with van der Waals surface area (Å²) in [5.41, 5.74) is 5.49. The first kappa shape index (κ1) is 45.1. The summed E-state index contributed by atoms with van der Waals surface area (Å²) in [5, 5.41) is 13.2. The maximum atomic E-state index is 14.8. The van der Waals surface area contributed by atoms with Gasteiger partial charge in [0.1, 0.15) is 35.5 Å². The number of nitrogens with zero attached hydrogens (tertiary/aromatic N) is 5. The molecule has 0 radical (unpaired) electrons. The number of rotatable bonds is 16. The average Bonchev–Trinajstić information content (AvgIpc) is 4.08. The summed E-state index contributed by atoms with van der Waals surface area (Å²) in [6, 6.07) is 52.2. The minimum atomic E-state index is -1.01. The molecule has 2 N–H and O–H groups in total. The van der Waals surface area contributed by atoms with Crippen LogP contribution in [0.3, 0.4) is 0 Å². The second-order valence-electron chi connectivity index (χ2n) is 16.1. The Morgan fingerprint density at radius 3 is 1.96 bits per heavy atom. The van der Waals surface area contributed by atoms with Crippen molar-refractivity contribution in [1.82, 2.24) is 25.2 Å². The van der Waals surface area contributed by atoms with Gasteiger partial charge in [0.05, 0.1) is 9.88 Å². The van der Waals surface area contributed by atoms with Gasteiger partial charge in [0.25, 0.3) is 11.8 Å². The van der Waals surface area contributed by atoms with Crippen LogP contribution in [0.4, 0.5) is 5.13 Å². The molecule has 1 fully saturated rings. The third kappa shape index (κ3) is 9.19. The molecule has 1 saturated heterocycles. The fraction of sp³-hybridized carbons (Fsp3) is 0.130. The van der Waals surface area contributed by atoms with Crippen molar-refractivity contribution < 1.29 is 24.0 Å². The summed E-state index contributed by atoms with van der Waals surface area (Å²) in [4.78, 5) is 64.9. The lowest BCUT2D eigenvalue weighted by molar-refractivity contribution is -0.154. The molecule has 0 spiro atoms.